The van der Waals surface area contributed by atoms with E-state index in [1.807, 2.05) is 6.92 Å². The van der Waals surface area contributed by atoms with E-state index >= 15 is 0 Å². The van der Waals surface area contributed by atoms with Gasteiger partial charge in [-0.05, 0) is 38.7 Å². The summed E-state index contributed by atoms with van der Waals surface area (Å²) in [5.74, 6) is 0. The summed E-state index contributed by atoms with van der Waals surface area (Å²) < 4.78 is 7.43. The summed E-state index contributed by atoms with van der Waals surface area (Å²) in [4.78, 5) is 0. The number of nitrogens with zero attached hydrogens (tertiary/aromatic N) is 2. The molecule has 0 aromatic carbocycles. The first kappa shape index (κ1) is 15.2. The molecule has 1 rings (SSSR count). The van der Waals surface area contributed by atoms with Crippen LogP contribution in [-0.2, 0) is 30.5 Å². The number of hydrogen-bond acceptors (Lipinski definition) is 3. The molecule has 2 atom stereocenters. The molecule has 0 saturated heterocycles. The van der Waals surface area contributed by atoms with Gasteiger partial charge in [0.2, 0.25) is 0 Å². The van der Waals surface area contributed by atoms with Crippen LogP contribution in [0.4, 0.5) is 0 Å². The Kier molecular flexibility index (Phi) is 5.82. The molecule has 104 valence electrons. The van der Waals surface area contributed by atoms with E-state index in [0.29, 0.717) is 0 Å². The van der Waals surface area contributed by atoms with Crippen LogP contribution in [0.2, 0.25) is 0 Å². The average molecular weight is 253 g/mol. The minimum Gasteiger partial charge on any atom is -0.380 e. The third-order valence-electron chi connectivity index (χ3n) is 3.28. The highest BCUT2D eigenvalue weighted by molar-refractivity contribution is 5.27. The highest BCUT2D eigenvalue weighted by atomic mass is 16.5. The molecule has 0 aliphatic heterocycles. The maximum Gasteiger partial charge on any atom is 0.0739 e. The van der Waals surface area contributed by atoms with E-state index in [4.69, 9.17) is 15.6 Å². The van der Waals surface area contributed by atoms with Crippen LogP contribution >= 0.6 is 0 Å². The molecule has 1 aromatic heterocycles. The monoisotopic (exact) mass is 253 g/mol. The van der Waals surface area contributed by atoms with Crippen molar-refractivity contribution >= 4 is 0 Å². The fourth-order valence-corrected chi connectivity index (χ4v) is 2.30. The number of aromatic nitrogens is 2. The van der Waals surface area contributed by atoms with E-state index in [0.717, 1.165) is 25.8 Å². The summed E-state index contributed by atoms with van der Waals surface area (Å²) in [6, 6.07) is 0.179. The standard InChI is InChI=1S/C14H27N3O/c1-6-13-12(8-10(3)15)14(7-2)17(16-13)9-11(4)18-5/h10-11H,6-9,15H2,1-5H3. The molecule has 4 nitrogen and oxygen atoms in total. The van der Waals surface area contributed by atoms with Crippen molar-refractivity contribution in [1.82, 2.24) is 9.78 Å². The van der Waals surface area contributed by atoms with Crippen molar-refractivity contribution in [1.29, 1.82) is 0 Å². The molecular formula is C14H27N3O. The lowest BCUT2D eigenvalue weighted by molar-refractivity contribution is 0.0989. The van der Waals surface area contributed by atoms with Gasteiger partial charge in [0.25, 0.3) is 0 Å². The van der Waals surface area contributed by atoms with Crippen molar-refractivity contribution in [2.75, 3.05) is 7.11 Å². The topological polar surface area (TPSA) is 53.1 Å². The summed E-state index contributed by atoms with van der Waals surface area (Å²) in [5.41, 5.74) is 9.79. The number of aryl methyl sites for hydroxylation is 1. The lowest BCUT2D eigenvalue weighted by Crippen LogP contribution is -2.20. The lowest BCUT2D eigenvalue weighted by Gasteiger charge is -2.13. The number of methoxy groups -OCH3 is 1. The number of rotatable bonds is 7. The van der Waals surface area contributed by atoms with E-state index < -0.39 is 0 Å². The van der Waals surface area contributed by atoms with E-state index in [1.165, 1.54) is 17.0 Å². The van der Waals surface area contributed by atoms with Crippen molar-refractivity contribution < 1.29 is 4.74 Å². The molecule has 0 bridgehead atoms. The predicted molar refractivity (Wildman–Crippen MR) is 74.8 cm³/mol. The molecule has 1 heterocycles. The summed E-state index contributed by atoms with van der Waals surface area (Å²) in [6.45, 7) is 9.25. The van der Waals surface area contributed by atoms with E-state index in [-0.39, 0.29) is 12.1 Å². The largest absolute Gasteiger partial charge is 0.380 e. The minimum atomic E-state index is 0.179. The van der Waals surface area contributed by atoms with Gasteiger partial charge in [-0.25, -0.2) is 0 Å². The maximum absolute atomic E-state index is 5.95. The van der Waals surface area contributed by atoms with Crippen LogP contribution in [0.15, 0.2) is 0 Å². The van der Waals surface area contributed by atoms with Gasteiger partial charge in [0.1, 0.15) is 0 Å². The van der Waals surface area contributed by atoms with Crippen LogP contribution in [0.5, 0.6) is 0 Å². The van der Waals surface area contributed by atoms with Gasteiger partial charge in [-0.2, -0.15) is 5.10 Å². The molecule has 0 radical (unpaired) electrons. The highest BCUT2D eigenvalue weighted by Crippen LogP contribution is 2.18. The Labute approximate surface area is 111 Å². The second-order valence-corrected chi connectivity index (χ2v) is 4.99. The molecule has 0 amide bonds. The Balaban J connectivity index is 3.07. The van der Waals surface area contributed by atoms with Crippen LogP contribution in [-0.4, -0.2) is 29.0 Å². The van der Waals surface area contributed by atoms with Crippen LogP contribution in [0.3, 0.4) is 0 Å². The molecule has 0 saturated carbocycles. The fourth-order valence-electron chi connectivity index (χ4n) is 2.30. The molecule has 1 aromatic rings. The molecule has 2 unspecified atom stereocenters. The zero-order chi connectivity index (χ0) is 13.7. The molecule has 0 spiro atoms. The first-order chi connectivity index (χ1) is 8.53. The van der Waals surface area contributed by atoms with Gasteiger partial charge in [0.05, 0.1) is 18.3 Å². The summed E-state index contributed by atoms with van der Waals surface area (Å²) in [7, 11) is 1.74. The first-order valence-electron chi connectivity index (χ1n) is 6.89. The Morgan fingerprint density at radius 1 is 1.28 bits per heavy atom. The molecular weight excluding hydrogens is 226 g/mol. The number of hydrogen-bond donors (Lipinski definition) is 1. The second-order valence-electron chi connectivity index (χ2n) is 4.99. The van der Waals surface area contributed by atoms with Crippen LogP contribution in [0.1, 0.15) is 44.6 Å². The van der Waals surface area contributed by atoms with Crippen molar-refractivity contribution in [2.24, 2.45) is 5.73 Å². The zero-order valence-electron chi connectivity index (χ0n) is 12.4. The summed E-state index contributed by atoms with van der Waals surface area (Å²) >= 11 is 0. The number of nitrogens with two attached hydrogens (primary N) is 1. The van der Waals surface area contributed by atoms with E-state index in [9.17, 15) is 0 Å². The second kappa shape index (κ2) is 6.90. The third kappa shape index (κ3) is 3.56. The van der Waals surface area contributed by atoms with Crippen molar-refractivity contribution in [3.05, 3.63) is 17.0 Å². The SMILES string of the molecule is CCc1nn(CC(C)OC)c(CC)c1CC(C)N. The van der Waals surface area contributed by atoms with Crippen molar-refractivity contribution in [3.63, 3.8) is 0 Å². The Morgan fingerprint density at radius 2 is 1.94 bits per heavy atom. The van der Waals surface area contributed by atoms with E-state index in [2.05, 4.69) is 25.5 Å². The normalized spacial score (nSPS) is 14.8. The van der Waals surface area contributed by atoms with Gasteiger partial charge in [-0.3, -0.25) is 4.68 Å². The minimum absolute atomic E-state index is 0.179. The molecule has 2 N–H and O–H groups in total. The maximum atomic E-state index is 5.95. The zero-order valence-corrected chi connectivity index (χ0v) is 12.4. The molecule has 4 heteroatoms. The quantitative estimate of drug-likeness (QED) is 0.808. The van der Waals surface area contributed by atoms with Gasteiger partial charge < -0.3 is 10.5 Å². The predicted octanol–water partition coefficient (Wildman–Crippen LogP) is 1.93. The lowest BCUT2D eigenvalue weighted by atomic mass is 10.0. The molecule has 18 heavy (non-hydrogen) atoms. The first-order valence-corrected chi connectivity index (χ1v) is 6.89. The summed E-state index contributed by atoms with van der Waals surface area (Å²) in [6.07, 6.45) is 3.05. The van der Waals surface area contributed by atoms with Gasteiger partial charge in [-0.15, -0.1) is 0 Å². The third-order valence-corrected chi connectivity index (χ3v) is 3.28. The van der Waals surface area contributed by atoms with Crippen molar-refractivity contribution in [2.45, 2.75) is 65.6 Å². The van der Waals surface area contributed by atoms with Gasteiger partial charge in [0, 0.05) is 18.8 Å². The van der Waals surface area contributed by atoms with Crippen LogP contribution < -0.4 is 5.73 Å². The number of ether oxygens (including phenoxy) is 1. The molecule has 0 aliphatic rings. The van der Waals surface area contributed by atoms with Crippen molar-refractivity contribution in [3.8, 4) is 0 Å². The summed E-state index contributed by atoms with van der Waals surface area (Å²) in [5, 5.41) is 4.72. The van der Waals surface area contributed by atoms with Crippen LogP contribution in [0, 0.1) is 0 Å². The highest BCUT2D eigenvalue weighted by Gasteiger charge is 2.17. The Morgan fingerprint density at radius 3 is 2.39 bits per heavy atom. The fraction of sp³-hybridized carbons (Fsp3) is 0.786. The smallest absolute Gasteiger partial charge is 0.0739 e. The Bertz CT molecular complexity index is 371. The molecule has 0 aliphatic carbocycles. The van der Waals surface area contributed by atoms with Gasteiger partial charge >= 0.3 is 0 Å². The van der Waals surface area contributed by atoms with Gasteiger partial charge in [0.15, 0.2) is 0 Å². The average Bonchev–Trinajstić information content (AvgIpc) is 2.65. The molecule has 0 fully saturated rings. The van der Waals surface area contributed by atoms with E-state index in [1.54, 1.807) is 7.11 Å². The Hall–Kier alpha value is -0.870. The van der Waals surface area contributed by atoms with Gasteiger partial charge in [-0.1, -0.05) is 13.8 Å². The van der Waals surface area contributed by atoms with Crippen LogP contribution in [0.25, 0.3) is 0 Å².